The molecule has 1 aliphatic rings. The van der Waals surface area contributed by atoms with E-state index in [1.807, 2.05) is 7.05 Å². The summed E-state index contributed by atoms with van der Waals surface area (Å²) >= 11 is 0. The lowest BCUT2D eigenvalue weighted by Gasteiger charge is -2.38. The van der Waals surface area contributed by atoms with E-state index < -0.39 is 11.6 Å². The van der Waals surface area contributed by atoms with Gasteiger partial charge < -0.3 is 10.2 Å². The van der Waals surface area contributed by atoms with Gasteiger partial charge in [0.2, 0.25) is 0 Å². The highest BCUT2D eigenvalue weighted by Crippen LogP contribution is 2.22. The van der Waals surface area contributed by atoms with E-state index in [0.717, 1.165) is 25.0 Å². The van der Waals surface area contributed by atoms with Crippen molar-refractivity contribution >= 4 is 5.91 Å². The fourth-order valence-electron chi connectivity index (χ4n) is 2.82. The molecule has 2 rings (SSSR count). The predicted octanol–water partition coefficient (Wildman–Crippen LogP) is 2.42. The van der Waals surface area contributed by atoms with E-state index in [4.69, 9.17) is 0 Å². The highest BCUT2D eigenvalue weighted by Gasteiger charge is 2.30. The molecule has 110 valence electrons. The van der Waals surface area contributed by atoms with Crippen LogP contribution in [0.25, 0.3) is 0 Å². The van der Waals surface area contributed by atoms with Crippen LogP contribution in [0.3, 0.4) is 0 Å². The second-order valence-electron chi connectivity index (χ2n) is 5.23. The number of rotatable bonds is 3. The van der Waals surface area contributed by atoms with Crippen LogP contribution in [-0.2, 0) is 0 Å². The lowest BCUT2D eigenvalue weighted by molar-refractivity contribution is 0.0631. The number of hydrogen-bond acceptors (Lipinski definition) is 2. The zero-order valence-corrected chi connectivity index (χ0v) is 11.8. The number of carbonyl (C=O) groups is 1. The Morgan fingerprint density at radius 3 is 2.75 bits per heavy atom. The summed E-state index contributed by atoms with van der Waals surface area (Å²) in [5, 5.41) is 3.27. The van der Waals surface area contributed by atoms with Gasteiger partial charge in [-0.1, -0.05) is 13.3 Å². The molecule has 0 saturated carbocycles. The van der Waals surface area contributed by atoms with E-state index in [1.165, 1.54) is 6.07 Å². The largest absolute Gasteiger partial charge is 0.338 e. The summed E-state index contributed by atoms with van der Waals surface area (Å²) in [5.41, 5.74) is 0.210. The molecule has 1 aliphatic heterocycles. The Balaban J connectivity index is 2.11. The maximum atomic E-state index is 13.2. The van der Waals surface area contributed by atoms with Crippen molar-refractivity contribution in [2.45, 2.75) is 25.8 Å². The molecule has 0 bridgehead atoms. The Morgan fingerprint density at radius 2 is 2.15 bits per heavy atom. The third kappa shape index (κ3) is 2.98. The first-order chi connectivity index (χ1) is 9.56. The van der Waals surface area contributed by atoms with Crippen LogP contribution in [0.1, 0.15) is 30.1 Å². The molecule has 1 aromatic rings. The Kier molecular flexibility index (Phi) is 4.70. The average molecular weight is 282 g/mol. The standard InChI is InChI=1S/C15H20F2N2O/c1-3-10-9-19(7-6-14(10)18-2)15(20)11-4-5-12(16)13(17)8-11/h4-5,8,10,14,18H,3,6-7,9H2,1-2H3. The summed E-state index contributed by atoms with van der Waals surface area (Å²) in [6, 6.07) is 3.73. The van der Waals surface area contributed by atoms with Gasteiger partial charge in [0.1, 0.15) is 0 Å². The Morgan fingerprint density at radius 1 is 1.40 bits per heavy atom. The summed E-state index contributed by atoms with van der Waals surface area (Å²) < 4.78 is 26.1. The van der Waals surface area contributed by atoms with E-state index >= 15 is 0 Å². The van der Waals surface area contributed by atoms with Crippen molar-refractivity contribution in [3.05, 3.63) is 35.4 Å². The molecule has 20 heavy (non-hydrogen) atoms. The van der Waals surface area contributed by atoms with Gasteiger partial charge >= 0.3 is 0 Å². The van der Waals surface area contributed by atoms with Crippen molar-refractivity contribution in [1.29, 1.82) is 0 Å². The highest BCUT2D eigenvalue weighted by atomic mass is 19.2. The average Bonchev–Trinajstić information content (AvgIpc) is 2.48. The van der Waals surface area contributed by atoms with E-state index in [2.05, 4.69) is 12.2 Å². The minimum absolute atomic E-state index is 0.210. The third-order valence-electron chi connectivity index (χ3n) is 4.08. The topological polar surface area (TPSA) is 32.3 Å². The maximum absolute atomic E-state index is 13.2. The molecule has 0 aliphatic carbocycles. The lowest BCUT2D eigenvalue weighted by atomic mass is 9.89. The molecule has 1 fully saturated rings. The number of hydrogen-bond donors (Lipinski definition) is 1. The Labute approximate surface area is 118 Å². The molecule has 1 N–H and O–H groups in total. The minimum Gasteiger partial charge on any atom is -0.338 e. The van der Waals surface area contributed by atoms with Gasteiger partial charge in [-0.05, 0) is 37.6 Å². The van der Waals surface area contributed by atoms with Gasteiger partial charge in [-0.3, -0.25) is 4.79 Å². The number of nitrogens with zero attached hydrogens (tertiary/aromatic N) is 1. The fraction of sp³-hybridized carbons (Fsp3) is 0.533. The number of piperidine rings is 1. The van der Waals surface area contributed by atoms with Gasteiger partial charge in [0.15, 0.2) is 11.6 Å². The van der Waals surface area contributed by atoms with Gasteiger partial charge in [0.25, 0.3) is 5.91 Å². The molecule has 1 amide bonds. The maximum Gasteiger partial charge on any atom is 0.253 e. The molecule has 2 atom stereocenters. The quantitative estimate of drug-likeness (QED) is 0.923. The molecule has 2 unspecified atom stereocenters. The molecule has 1 heterocycles. The SMILES string of the molecule is CCC1CN(C(=O)c2ccc(F)c(F)c2)CCC1NC. The van der Waals surface area contributed by atoms with E-state index in [1.54, 1.807) is 4.90 Å². The molecule has 3 nitrogen and oxygen atoms in total. The van der Waals surface area contributed by atoms with Crippen LogP contribution in [-0.4, -0.2) is 37.0 Å². The number of halogens is 2. The number of likely N-dealkylation sites (tertiary alicyclic amines) is 1. The molecule has 1 aromatic carbocycles. The van der Waals surface area contributed by atoms with Crippen LogP contribution in [0.15, 0.2) is 18.2 Å². The second kappa shape index (κ2) is 6.31. The van der Waals surface area contributed by atoms with Crippen molar-refractivity contribution in [3.8, 4) is 0 Å². The smallest absolute Gasteiger partial charge is 0.253 e. The van der Waals surface area contributed by atoms with Crippen molar-refractivity contribution in [1.82, 2.24) is 10.2 Å². The van der Waals surface area contributed by atoms with Crippen LogP contribution in [0.4, 0.5) is 8.78 Å². The van der Waals surface area contributed by atoms with E-state index in [0.29, 0.717) is 25.0 Å². The van der Waals surface area contributed by atoms with Crippen LogP contribution in [0, 0.1) is 17.6 Å². The van der Waals surface area contributed by atoms with E-state index in [9.17, 15) is 13.6 Å². The summed E-state index contributed by atoms with van der Waals surface area (Å²) in [5.74, 6) is -1.74. The fourth-order valence-corrected chi connectivity index (χ4v) is 2.82. The Hall–Kier alpha value is -1.49. The number of amides is 1. The van der Waals surface area contributed by atoms with Crippen LogP contribution in [0.5, 0.6) is 0 Å². The summed E-state index contributed by atoms with van der Waals surface area (Å²) in [6.45, 7) is 3.39. The predicted molar refractivity (Wildman–Crippen MR) is 73.5 cm³/mol. The molecular formula is C15H20F2N2O. The number of nitrogens with one attached hydrogen (secondary N) is 1. The van der Waals surface area contributed by atoms with E-state index in [-0.39, 0.29) is 11.5 Å². The van der Waals surface area contributed by atoms with Crippen molar-refractivity contribution in [2.75, 3.05) is 20.1 Å². The number of benzene rings is 1. The van der Waals surface area contributed by atoms with Crippen LogP contribution >= 0.6 is 0 Å². The first-order valence-electron chi connectivity index (χ1n) is 6.98. The minimum atomic E-state index is -0.979. The Bertz CT molecular complexity index is 493. The van der Waals surface area contributed by atoms with Crippen molar-refractivity contribution < 1.29 is 13.6 Å². The first-order valence-corrected chi connectivity index (χ1v) is 6.98. The molecule has 5 heteroatoms. The lowest BCUT2D eigenvalue weighted by Crippen LogP contribution is -2.50. The van der Waals surface area contributed by atoms with Gasteiger partial charge in [0, 0.05) is 24.7 Å². The summed E-state index contributed by atoms with van der Waals surface area (Å²) in [6.07, 6.45) is 1.86. The zero-order valence-electron chi connectivity index (χ0n) is 11.8. The van der Waals surface area contributed by atoms with Crippen LogP contribution < -0.4 is 5.32 Å². The van der Waals surface area contributed by atoms with Gasteiger partial charge in [-0.15, -0.1) is 0 Å². The van der Waals surface area contributed by atoms with Gasteiger partial charge in [-0.25, -0.2) is 8.78 Å². The normalized spacial score (nSPS) is 22.9. The molecule has 1 saturated heterocycles. The van der Waals surface area contributed by atoms with Gasteiger partial charge in [0.05, 0.1) is 0 Å². The van der Waals surface area contributed by atoms with Crippen molar-refractivity contribution in [2.24, 2.45) is 5.92 Å². The third-order valence-corrected chi connectivity index (χ3v) is 4.08. The number of carbonyl (C=O) groups excluding carboxylic acids is 1. The van der Waals surface area contributed by atoms with Gasteiger partial charge in [-0.2, -0.15) is 0 Å². The molecule has 0 radical (unpaired) electrons. The van der Waals surface area contributed by atoms with Crippen molar-refractivity contribution in [3.63, 3.8) is 0 Å². The first kappa shape index (κ1) is 14.9. The molecule has 0 aromatic heterocycles. The highest BCUT2D eigenvalue weighted by molar-refractivity contribution is 5.94. The van der Waals surface area contributed by atoms with Crippen LogP contribution in [0.2, 0.25) is 0 Å². The summed E-state index contributed by atoms with van der Waals surface area (Å²) in [4.78, 5) is 14.1. The zero-order chi connectivity index (χ0) is 14.7. The molecule has 0 spiro atoms. The summed E-state index contributed by atoms with van der Waals surface area (Å²) in [7, 11) is 1.93. The molecular weight excluding hydrogens is 262 g/mol. The second-order valence-corrected chi connectivity index (χ2v) is 5.23. The monoisotopic (exact) mass is 282 g/mol.